The minimum Gasteiger partial charge on any atom is -0.359 e. The molecular weight excluding hydrogens is 390 g/mol. The number of nitrogens with one attached hydrogen (secondary N) is 3. The van der Waals surface area contributed by atoms with Gasteiger partial charge >= 0.3 is 6.03 Å². The van der Waals surface area contributed by atoms with Gasteiger partial charge in [0.25, 0.3) is 0 Å². The van der Waals surface area contributed by atoms with Crippen LogP contribution in [0.3, 0.4) is 0 Å². The molecule has 0 aliphatic heterocycles. The number of anilines is 2. The Morgan fingerprint density at radius 1 is 1.14 bits per heavy atom. The molecular formula is C19H19N7O2S. The van der Waals surface area contributed by atoms with E-state index < -0.39 is 6.03 Å². The first kappa shape index (κ1) is 18.9. The molecule has 0 spiro atoms. The number of urea groups is 1. The second-order valence-electron chi connectivity index (χ2n) is 7.34. The first-order valence-electron chi connectivity index (χ1n) is 8.86. The summed E-state index contributed by atoms with van der Waals surface area (Å²) in [7, 11) is 0. The first-order valence-corrected chi connectivity index (χ1v) is 9.67. The monoisotopic (exact) mass is 409 g/mol. The molecule has 4 aromatic rings. The number of benzene rings is 1. The number of nitrogens with zero attached hydrogens (tertiary/aromatic N) is 4. The van der Waals surface area contributed by atoms with Crippen LogP contribution in [0.15, 0.2) is 57.3 Å². The van der Waals surface area contributed by atoms with Crippen LogP contribution in [-0.4, -0.2) is 31.4 Å². The lowest BCUT2D eigenvalue weighted by Gasteiger charge is -2.12. The fourth-order valence-electron chi connectivity index (χ4n) is 2.51. The van der Waals surface area contributed by atoms with E-state index in [0.717, 1.165) is 15.3 Å². The smallest absolute Gasteiger partial charge is 0.324 e. The van der Waals surface area contributed by atoms with Crippen molar-refractivity contribution in [1.29, 1.82) is 0 Å². The van der Waals surface area contributed by atoms with E-state index in [4.69, 9.17) is 4.52 Å². The van der Waals surface area contributed by atoms with E-state index in [-0.39, 0.29) is 5.41 Å². The van der Waals surface area contributed by atoms with Crippen LogP contribution < -0.4 is 10.6 Å². The summed E-state index contributed by atoms with van der Waals surface area (Å²) in [5, 5.41) is 17.8. The molecule has 4 rings (SSSR count). The summed E-state index contributed by atoms with van der Waals surface area (Å²) in [6.45, 7) is 6.03. The lowest BCUT2D eigenvalue weighted by atomic mass is 9.93. The maximum Gasteiger partial charge on any atom is 0.324 e. The molecule has 0 aliphatic carbocycles. The van der Waals surface area contributed by atoms with Gasteiger partial charge in [-0.3, -0.25) is 10.4 Å². The molecule has 0 radical (unpaired) electrons. The minimum atomic E-state index is -0.393. The Morgan fingerprint density at radius 2 is 1.93 bits per heavy atom. The van der Waals surface area contributed by atoms with E-state index in [1.54, 1.807) is 12.3 Å². The Kier molecular flexibility index (Phi) is 4.93. The number of rotatable bonds is 4. The van der Waals surface area contributed by atoms with Crippen LogP contribution in [-0.2, 0) is 5.41 Å². The maximum absolute atomic E-state index is 12.2. The summed E-state index contributed by atoms with van der Waals surface area (Å²) in [6, 6.07) is 8.77. The quantitative estimate of drug-likeness (QED) is 0.426. The van der Waals surface area contributed by atoms with Crippen LogP contribution in [0.4, 0.5) is 16.3 Å². The fraction of sp³-hybridized carbons (Fsp3) is 0.211. The molecule has 0 saturated heterocycles. The molecule has 3 heterocycles. The molecule has 3 N–H and O–H groups in total. The van der Waals surface area contributed by atoms with Crippen molar-refractivity contribution < 1.29 is 9.32 Å². The van der Waals surface area contributed by atoms with Crippen molar-refractivity contribution >= 4 is 40.3 Å². The van der Waals surface area contributed by atoms with Gasteiger partial charge < -0.3 is 9.84 Å². The summed E-state index contributed by atoms with van der Waals surface area (Å²) >= 11 is 1.50. The van der Waals surface area contributed by atoms with Crippen LogP contribution in [0.5, 0.6) is 0 Å². The van der Waals surface area contributed by atoms with Crippen molar-refractivity contribution in [3.05, 3.63) is 48.6 Å². The average molecular weight is 409 g/mol. The van der Waals surface area contributed by atoms with Crippen LogP contribution in [0.1, 0.15) is 26.5 Å². The third kappa shape index (κ3) is 4.37. The van der Waals surface area contributed by atoms with Crippen LogP contribution in [0.2, 0.25) is 0 Å². The molecule has 2 amide bonds. The third-order valence-corrected chi connectivity index (χ3v) is 5.06. The zero-order valence-electron chi connectivity index (χ0n) is 16.1. The highest BCUT2D eigenvalue weighted by Gasteiger charge is 2.20. The van der Waals surface area contributed by atoms with Gasteiger partial charge in [-0.15, -0.1) is 0 Å². The number of hydrogen-bond acceptors (Lipinski definition) is 7. The molecule has 9 nitrogen and oxygen atoms in total. The van der Waals surface area contributed by atoms with Crippen molar-refractivity contribution in [3.63, 3.8) is 0 Å². The zero-order chi connectivity index (χ0) is 20.4. The molecule has 148 valence electrons. The minimum absolute atomic E-state index is 0.178. The molecule has 0 atom stereocenters. The van der Waals surface area contributed by atoms with Gasteiger partial charge in [0.2, 0.25) is 0 Å². The summed E-state index contributed by atoms with van der Waals surface area (Å²) < 4.78 is 5.26. The number of fused-ring (bicyclic) bond motifs is 1. The predicted molar refractivity (Wildman–Crippen MR) is 110 cm³/mol. The van der Waals surface area contributed by atoms with Gasteiger partial charge in [-0.1, -0.05) is 37.7 Å². The Labute approximate surface area is 170 Å². The lowest BCUT2D eigenvalue weighted by Crippen LogP contribution is -2.19. The van der Waals surface area contributed by atoms with E-state index in [9.17, 15) is 4.79 Å². The van der Waals surface area contributed by atoms with E-state index in [0.29, 0.717) is 22.9 Å². The normalized spacial score (nSPS) is 11.6. The van der Waals surface area contributed by atoms with E-state index in [1.165, 1.54) is 18.1 Å². The Bertz CT molecular complexity index is 1150. The van der Waals surface area contributed by atoms with E-state index >= 15 is 0 Å². The number of carbonyl (C=O) groups is 1. The molecule has 1 aromatic carbocycles. The predicted octanol–water partition coefficient (Wildman–Crippen LogP) is 4.43. The zero-order valence-corrected chi connectivity index (χ0v) is 16.9. The molecule has 0 aliphatic rings. The number of aromatic amines is 1. The summed E-state index contributed by atoms with van der Waals surface area (Å²) in [5.41, 5.74) is 1.17. The van der Waals surface area contributed by atoms with Gasteiger partial charge in [0, 0.05) is 22.1 Å². The molecule has 29 heavy (non-hydrogen) atoms. The van der Waals surface area contributed by atoms with Crippen molar-refractivity contribution in [2.24, 2.45) is 0 Å². The second-order valence-corrected chi connectivity index (χ2v) is 8.41. The number of hydrogen-bond donors (Lipinski definition) is 3. The third-order valence-electron chi connectivity index (χ3n) is 4.03. The lowest BCUT2D eigenvalue weighted by molar-refractivity contribution is 0.262. The molecule has 3 aromatic heterocycles. The Morgan fingerprint density at radius 3 is 2.66 bits per heavy atom. The van der Waals surface area contributed by atoms with E-state index in [2.05, 4.69) is 36.0 Å². The first-order chi connectivity index (χ1) is 13.9. The molecule has 0 saturated carbocycles. The largest absolute Gasteiger partial charge is 0.359 e. The van der Waals surface area contributed by atoms with Crippen LogP contribution >= 0.6 is 11.8 Å². The van der Waals surface area contributed by atoms with Crippen molar-refractivity contribution in [1.82, 2.24) is 25.3 Å². The number of amides is 2. The van der Waals surface area contributed by atoms with Crippen LogP contribution in [0, 0.1) is 0 Å². The van der Waals surface area contributed by atoms with Gasteiger partial charge in [-0.2, -0.15) is 5.10 Å². The van der Waals surface area contributed by atoms with E-state index in [1.807, 2.05) is 45.0 Å². The fourth-order valence-corrected chi connectivity index (χ4v) is 3.36. The Balaban J connectivity index is 1.38. The van der Waals surface area contributed by atoms with Gasteiger partial charge in [0.05, 0.1) is 11.6 Å². The topological polar surface area (TPSA) is 122 Å². The molecule has 0 fully saturated rings. The van der Waals surface area contributed by atoms with Crippen molar-refractivity contribution in [3.8, 4) is 0 Å². The average Bonchev–Trinajstić information content (AvgIpc) is 3.33. The highest BCUT2D eigenvalue weighted by atomic mass is 32.2. The SMILES string of the molecule is CC(C)(C)c1cc(NC(=O)Nc2ccc(Sc3ncnc4[nH]ncc34)cc2)no1. The molecule has 10 heteroatoms. The Hall–Kier alpha value is -3.40. The molecule has 0 unspecified atom stereocenters. The van der Waals surface area contributed by atoms with Gasteiger partial charge in [0.15, 0.2) is 11.5 Å². The van der Waals surface area contributed by atoms with Gasteiger partial charge in [-0.05, 0) is 24.3 Å². The maximum atomic E-state index is 12.2. The summed E-state index contributed by atoms with van der Waals surface area (Å²) in [6.07, 6.45) is 3.20. The van der Waals surface area contributed by atoms with Crippen molar-refractivity contribution in [2.75, 3.05) is 10.6 Å². The van der Waals surface area contributed by atoms with Gasteiger partial charge in [0.1, 0.15) is 17.1 Å². The number of aromatic nitrogens is 5. The van der Waals surface area contributed by atoms with Crippen LogP contribution in [0.25, 0.3) is 11.0 Å². The summed E-state index contributed by atoms with van der Waals surface area (Å²) in [5.74, 6) is 1.07. The number of carbonyl (C=O) groups excluding carboxylic acids is 1. The van der Waals surface area contributed by atoms with Crippen molar-refractivity contribution in [2.45, 2.75) is 36.1 Å². The second kappa shape index (κ2) is 7.55. The standard InChI is InChI=1S/C19H19N7O2S/c1-19(2,3)14-8-15(26-28-14)24-18(27)23-11-4-6-12(7-5-11)29-17-13-9-22-25-16(13)20-10-21-17/h4-10H,1-3H3,(H,20,21,22,25)(H2,23,24,26,27). The highest BCUT2D eigenvalue weighted by molar-refractivity contribution is 7.99. The van der Waals surface area contributed by atoms with Gasteiger partial charge in [-0.25, -0.2) is 14.8 Å². The summed E-state index contributed by atoms with van der Waals surface area (Å²) in [4.78, 5) is 21.6. The molecule has 0 bridgehead atoms. The highest BCUT2D eigenvalue weighted by Crippen LogP contribution is 2.31. The number of H-pyrrole nitrogens is 1.